The van der Waals surface area contributed by atoms with Crippen LogP contribution >= 0.6 is 0 Å². The van der Waals surface area contributed by atoms with Crippen LogP contribution in [-0.4, -0.2) is 42.0 Å². The Labute approximate surface area is 214 Å². The minimum atomic E-state index is -3.20. The first-order valence-corrected chi connectivity index (χ1v) is 14.6. The molecule has 5 rings (SSSR count). The fourth-order valence-corrected chi connectivity index (χ4v) is 6.76. The maximum Gasteiger partial charge on any atom is 0.181 e. The van der Waals surface area contributed by atoms with Gasteiger partial charge in [-0.25, -0.2) is 8.42 Å². The lowest BCUT2D eigenvalue weighted by molar-refractivity contribution is 0.0626. The van der Waals surface area contributed by atoms with E-state index in [0.29, 0.717) is 10.8 Å². The van der Waals surface area contributed by atoms with Gasteiger partial charge >= 0.3 is 0 Å². The Morgan fingerprint density at radius 2 is 1.67 bits per heavy atom. The molecular weight excluding hydrogens is 472 g/mol. The summed E-state index contributed by atoms with van der Waals surface area (Å²) < 4.78 is 30.9. The number of aromatic amines is 1. The summed E-state index contributed by atoms with van der Waals surface area (Å²) >= 11 is 0. The zero-order valence-corrected chi connectivity index (χ0v) is 21.9. The van der Waals surface area contributed by atoms with E-state index in [0.717, 1.165) is 73.5 Å². The first-order chi connectivity index (χ1) is 17.3. The second kappa shape index (κ2) is 10.5. The van der Waals surface area contributed by atoms with Crippen molar-refractivity contribution in [2.24, 2.45) is 11.8 Å². The quantitative estimate of drug-likeness (QED) is 0.390. The lowest BCUT2D eigenvalue weighted by Crippen LogP contribution is -2.19. The number of aliphatic hydroxyl groups excluding tert-OH is 1. The number of aromatic nitrogens is 2. The Balaban J connectivity index is 1.41. The van der Waals surface area contributed by atoms with E-state index in [9.17, 15) is 13.5 Å². The molecule has 0 amide bonds. The van der Waals surface area contributed by atoms with Crippen LogP contribution in [-0.2, 0) is 14.6 Å². The molecule has 2 aromatic heterocycles. The average Bonchev–Trinajstić information content (AvgIpc) is 3.66. The van der Waals surface area contributed by atoms with Crippen LogP contribution in [0.15, 0.2) is 59.6 Å². The number of pyridine rings is 1. The predicted molar refractivity (Wildman–Crippen MR) is 140 cm³/mol. The van der Waals surface area contributed by atoms with Crippen LogP contribution in [0.25, 0.3) is 11.4 Å². The maximum atomic E-state index is 12.7. The summed E-state index contributed by atoms with van der Waals surface area (Å²) in [4.78, 5) is 8.62. The fourth-order valence-electron chi connectivity index (χ4n) is 5.11. The summed E-state index contributed by atoms with van der Waals surface area (Å²) in [5, 5.41) is 10.1. The average molecular weight is 509 g/mol. The van der Waals surface area contributed by atoms with Crippen LogP contribution in [0.2, 0.25) is 0 Å². The fraction of sp³-hybridized carbons (Fsp3) is 0.483. The van der Waals surface area contributed by atoms with Gasteiger partial charge in [-0.2, -0.15) is 0 Å². The summed E-state index contributed by atoms with van der Waals surface area (Å²) in [5.74, 6) is 0.813. The van der Waals surface area contributed by atoms with Gasteiger partial charge in [-0.15, -0.1) is 0 Å². The molecule has 3 aromatic rings. The molecule has 0 bridgehead atoms. The number of nitrogens with one attached hydrogen (secondary N) is 1. The molecule has 2 atom stereocenters. The highest BCUT2D eigenvalue weighted by atomic mass is 32.2. The summed E-state index contributed by atoms with van der Waals surface area (Å²) in [6.07, 6.45) is 5.82. The highest BCUT2D eigenvalue weighted by Crippen LogP contribution is 2.37. The molecule has 2 unspecified atom stereocenters. The van der Waals surface area contributed by atoms with Crippen molar-refractivity contribution in [3.63, 3.8) is 0 Å². The minimum Gasteiger partial charge on any atom is -0.388 e. The van der Waals surface area contributed by atoms with E-state index in [1.807, 2.05) is 38.1 Å². The van der Waals surface area contributed by atoms with E-state index in [4.69, 9.17) is 4.74 Å². The topological polar surface area (TPSA) is 92.3 Å². The molecule has 1 aliphatic carbocycles. The van der Waals surface area contributed by atoms with E-state index in [-0.39, 0.29) is 17.1 Å². The normalized spacial score (nSPS) is 18.9. The molecule has 36 heavy (non-hydrogen) atoms. The zero-order valence-electron chi connectivity index (χ0n) is 21.1. The molecular formula is C29H36N2O4S. The molecule has 0 radical (unpaired) electrons. The zero-order chi connectivity index (χ0) is 25.3. The molecule has 3 heterocycles. The predicted octanol–water partition coefficient (Wildman–Crippen LogP) is 5.65. The smallest absolute Gasteiger partial charge is 0.181 e. The molecule has 1 saturated heterocycles. The highest BCUT2D eigenvalue weighted by molar-refractivity contribution is 7.92. The monoisotopic (exact) mass is 508 g/mol. The number of nitrogens with zero attached hydrogens (tertiary/aromatic N) is 1. The number of aliphatic hydroxyl groups is 1. The van der Waals surface area contributed by atoms with E-state index >= 15 is 0 Å². The molecule has 0 spiro atoms. The third-order valence-electron chi connectivity index (χ3n) is 7.60. The SMILES string of the molecule is CC(C)C(O)c1ccc(-c2ccc(C(CC3CCOCC3)c3ccc(S(=O)(=O)C4CC4)cc3)[nH]2)nc1. The van der Waals surface area contributed by atoms with E-state index in [1.54, 1.807) is 18.3 Å². The second-order valence-corrected chi connectivity index (χ2v) is 12.9. The van der Waals surface area contributed by atoms with Crippen LogP contribution in [0.5, 0.6) is 0 Å². The van der Waals surface area contributed by atoms with Gasteiger partial charge < -0.3 is 14.8 Å². The number of hydrogen-bond acceptors (Lipinski definition) is 5. The standard InChI is InChI=1S/C29H36N2O4S/c1-19(2)29(32)22-5-10-27(30-18-22)28-12-11-26(31-28)25(17-20-13-15-35-16-14-20)21-3-6-23(7-4-21)36(33,34)24-8-9-24/h3-7,10-12,18-20,24-25,29,31-32H,8-9,13-17H2,1-2H3. The van der Waals surface area contributed by atoms with Gasteiger partial charge in [0.05, 0.1) is 27.6 Å². The molecule has 2 fully saturated rings. The first kappa shape index (κ1) is 25.2. The van der Waals surface area contributed by atoms with Crippen LogP contribution in [0.1, 0.15) is 74.8 Å². The van der Waals surface area contributed by atoms with Gasteiger partial charge in [0, 0.05) is 31.0 Å². The molecule has 2 aliphatic rings. The van der Waals surface area contributed by atoms with E-state index in [1.165, 1.54) is 0 Å². The Hall–Kier alpha value is -2.48. The summed E-state index contributed by atoms with van der Waals surface area (Å²) in [6.45, 7) is 5.57. The Bertz CT molecular complexity index is 1260. The molecule has 2 N–H and O–H groups in total. The van der Waals surface area contributed by atoms with Gasteiger partial charge in [-0.1, -0.05) is 32.0 Å². The number of benzene rings is 1. The molecule has 1 aromatic carbocycles. The Morgan fingerprint density at radius 1 is 0.972 bits per heavy atom. The van der Waals surface area contributed by atoms with Gasteiger partial charge in [0.1, 0.15) is 0 Å². The number of ether oxygens (including phenoxy) is 1. The van der Waals surface area contributed by atoms with Gasteiger partial charge in [0.15, 0.2) is 9.84 Å². The molecule has 1 aliphatic heterocycles. The van der Waals surface area contributed by atoms with Crippen LogP contribution in [0.3, 0.4) is 0 Å². The van der Waals surface area contributed by atoms with Crippen LogP contribution in [0.4, 0.5) is 0 Å². The summed E-state index contributed by atoms with van der Waals surface area (Å²) in [6, 6.07) is 15.6. The van der Waals surface area contributed by atoms with Crippen molar-refractivity contribution in [1.29, 1.82) is 0 Å². The van der Waals surface area contributed by atoms with Crippen LogP contribution in [0, 0.1) is 11.8 Å². The maximum absolute atomic E-state index is 12.7. The number of rotatable bonds is 9. The lowest BCUT2D eigenvalue weighted by Gasteiger charge is -2.27. The largest absolute Gasteiger partial charge is 0.388 e. The van der Waals surface area contributed by atoms with Crippen molar-refractivity contribution >= 4 is 9.84 Å². The van der Waals surface area contributed by atoms with Crippen molar-refractivity contribution in [2.75, 3.05) is 13.2 Å². The number of hydrogen-bond donors (Lipinski definition) is 2. The molecule has 1 saturated carbocycles. The Kier molecular flexibility index (Phi) is 7.33. The van der Waals surface area contributed by atoms with Crippen molar-refractivity contribution < 1.29 is 18.3 Å². The number of H-pyrrole nitrogens is 1. The lowest BCUT2D eigenvalue weighted by atomic mass is 9.83. The summed E-state index contributed by atoms with van der Waals surface area (Å²) in [7, 11) is -3.20. The van der Waals surface area contributed by atoms with Crippen molar-refractivity contribution in [2.45, 2.75) is 68.1 Å². The van der Waals surface area contributed by atoms with Gasteiger partial charge in [0.2, 0.25) is 0 Å². The number of sulfone groups is 1. The van der Waals surface area contributed by atoms with Gasteiger partial charge in [-0.3, -0.25) is 4.98 Å². The summed E-state index contributed by atoms with van der Waals surface area (Å²) in [5.41, 5.74) is 4.80. The van der Waals surface area contributed by atoms with Crippen molar-refractivity contribution in [3.8, 4) is 11.4 Å². The first-order valence-electron chi connectivity index (χ1n) is 13.1. The molecule has 7 heteroatoms. The minimum absolute atomic E-state index is 0.126. The van der Waals surface area contributed by atoms with Gasteiger partial charge in [-0.05, 0) is 85.4 Å². The molecule has 6 nitrogen and oxygen atoms in total. The van der Waals surface area contributed by atoms with E-state index < -0.39 is 15.9 Å². The third-order valence-corrected chi connectivity index (χ3v) is 9.88. The van der Waals surface area contributed by atoms with Crippen LogP contribution < -0.4 is 0 Å². The third kappa shape index (κ3) is 5.43. The van der Waals surface area contributed by atoms with E-state index in [2.05, 4.69) is 22.1 Å². The molecule has 192 valence electrons. The van der Waals surface area contributed by atoms with Crippen molar-refractivity contribution in [3.05, 3.63) is 71.5 Å². The van der Waals surface area contributed by atoms with Crippen molar-refractivity contribution in [1.82, 2.24) is 9.97 Å². The van der Waals surface area contributed by atoms with Gasteiger partial charge in [0.25, 0.3) is 0 Å². The highest BCUT2D eigenvalue weighted by Gasteiger charge is 2.37. The Morgan fingerprint density at radius 3 is 2.28 bits per heavy atom. The second-order valence-electron chi connectivity index (χ2n) is 10.7.